The van der Waals surface area contributed by atoms with Gasteiger partial charge in [-0.15, -0.1) is 6.42 Å². The van der Waals surface area contributed by atoms with E-state index in [0.29, 0.717) is 4.90 Å². The third-order valence-corrected chi connectivity index (χ3v) is 2.29. The summed E-state index contributed by atoms with van der Waals surface area (Å²) in [5.74, 6) is 0.352. The molecule has 1 atom stereocenters. The normalized spacial score (nSPS) is 25.1. The first-order valence-electron chi connectivity index (χ1n) is 4.04. The molecule has 5 heteroatoms. The zero-order valence-corrected chi connectivity index (χ0v) is 7.85. The van der Waals surface area contributed by atoms with E-state index in [1.807, 2.05) is 0 Å². The summed E-state index contributed by atoms with van der Waals surface area (Å²) in [4.78, 5) is 11.5. The minimum atomic E-state index is -4.83. The van der Waals surface area contributed by atoms with Gasteiger partial charge in [0.25, 0.3) is 0 Å². The summed E-state index contributed by atoms with van der Waals surface area (Å²) >= 11 is 0. The van der Waals surface area contributed by atoms with Crippen LogP contribution in [0, 0.1) is 17.8 Å². The molecule has 1 aliphatic heterocycles. The number of rotatable bonds is 0. The van der Waals surface area contributed by atoms with Gasteiger partial charge in [0.05, 0.1) is 6.04 Å². The van der Waals surface area contributed by atoms with Crippen molar-refractivity contribution in [3.05, 3.63) is 0 Å². The fraction of sp³-hybridized carbons (Fsp3) is 0.667. The highest BCUT2D eigenvalue weighted by Gasteiger charge is 2.54. The molecule has 0 bridgehead atoms. The number of hydrogen-bond donors (Lipinski definition) is 0. The Morgan fingerprint density at radius 1 is 1.57 bits per heavy atom. The average Bonchev–Trinajstić information content (AvgIpc) is 1.98. The molecule has 2 nitrogen and oxygen atoms in total. The number of likely N-dealkylation sites (tertiary alicyclic amines) is 1. The minimum absolute atomic E-state index is 0.0558. The van der Waals surface area contributed by atoms with Crippen LogP contribution in [0.25, 0.3) is 0 Å². The van der Waals surface area contributed by atoms with Crippen molar-refractivity contribution in [1.82, 2.24) is 4.90 Å². The molecule has 0 aromatic carbocycles. The van der Waals surface area contributed by atoms with Crippen molar-refractivity contribution < 1.29 is 18.0 Å². The third kappa shape index (κ3) is 1.57. The van der Waals surface area contributed by atoms with E-state index < -0.39 is 23.5 Å². The van der Waals surface area contributed by atoms with Crippen molar-refractivity contribution >= 4 is 5.91 Å². The molecule has 1 saturated heterocycles. The van der Waals surface area contributed by atoms with Crippen LogP contribution in [0.2, 0.25) is 0 Å². The van der Waals surface area contributed by atoms with Gasteiger partial charge in [-0.1, -0.05) is 19.8 Å². The Morgan fingerprint density at radius 2 is 2.07 bits per heavy atom. The zero-order valence-electron chi connectivity index (χ0n) is 7.85. The Balaban J connectivity index is 2.77. The number of carbonyl (C=O) groups excluding carboxylic acids is 1. The standard InChI is InChI=1S/C9H10F3NO/c1-4-6-8(2,3)5-13(6)7(14)9(10,11)12/h1,6H,5H2,2-3H3. The van der Waals surface area contributed by atoms with Gasteiger partial charge in [0.2, 0.25) is 0 Å². The Kier molecular flexibility index (Phi) is 2.26. The molecule has 0 radical (unpaired) electrons. The van der Waals surface area contributed by atoms with Crippen molar-refractivity contribution in [3.63, 3.8) is 0 Å². The monoisotopic (exact) mass is 205 g/mol. The van der Waals surface area contributed by atoms with Gasteiger partial charge < -0.3 is 4.90 Å². The lowest BCUT2D eigenvalue weighted by Crippen LogP contribution is -2.65. The average molecular weight is 205 g/mol. The second kappa shape index (κ2) is 2.91. The van der Waals surface area contributed by atoms with E-state index >= 15 is 0 Å². The predicted molar refractivity (Wildman–Crippen MR) is 44.2 cm³/mol. The first-order chi connectivity index (χ1) is 6.20. The van der Waals surface area contributed by atoms with Gasteiger partial charge in [-0.25, -0.2) is 0 Å². The smallest absolute Gasteiger partial charge is 0.320 e. The first kappa shape index (κ1) is 10.9. The van der Waals surface area contributed by atoms with E-state index in [-0.39, 0.29) is 6.54 Å². The number of amides is 1. The summed E-state index contributed by atoms with van der Waals surface area (Å²) in [5, 5.41) is 0. The van der Waals surface area contributed by atoms with Crippen LogP contribution in [-0.4, -0.2) is 29.6 Å². The quantitative estimate of drug-likeness (QED) is 0.548. The lowest BCUT2D eigenvalue weighted by atomic mass is 9.75. The Labute approximate surface area is 80.1 Å². The maximum Gasteiger partial charge on any atom is 0.471 e. The van der Waals surface area contributed by atoms with Crippen LogP contribution in [0.4, 0.5) is 13.2 Å². The minimum Gasteiger partial charge on any atom is -0.320 e. The first-order valence-corrected chi connectivity index (χ1v) is 4.04. The summed E-state index contributed by atoms with van der Waals surface area (Å²) in [6, 6.07) is -0.753. The van der Waals surface area contributed by atoms with E-state index in [9.17, 15) is 18.0 Å². The second-order valence-electron chi connectivity index (χ2n) is 3.99. The molecule has 1 heterocycles. The lowest BCUT2D eigenvalue weighted by Gasteiger charge is -2.51. The molecule has 1 amide bonds. The largest absolute Gasteiger partial charge is 0.471 e. The van der Waals surface area contributed by atoms with Crippen LogP contribution in [-0.2, 0) is 4.79 Å². The van der Waals surface area contributed by atoms with Gasteiger partial charge in [0.1, 0.15) is 0 Å². The number of terminal acetylenes is 1. The number of hydrogen-bond acceptors (Lipinski definition) is 1. The lowest BCUT2D eigenvalue weighted by molar-refractivity contribution is -0.199. The highest BCUT2D eigenvalue weighted by atomic mass is 19.4. The highest BCUT2D eigenvalue weighted by molar-refractivity contribution is 5.83. The van der Waals surface area contributed by atoms with Crippen molar-refractivity contribution in [3.8, 4) is 12.3 Å². The SMILES string of the molecule is C#CC1N(C(=O)C(F)(F)F)CC1(C)C. The molecule has 78 valence electrons. The molecule has 0 aromatic rings. The maximum atomic E-state index is 12.0. The summed E-state index contributed by atoms with van der Waals surface area (Å²) in [7, 11) is 0. The van der Waals surface area contributed by atoms with Crippen LogP contribution in [0.15, 0.2) is 0 Å². The van der Waals surface area contributed by atoms with Crippen molar-refractivity contribution in [1.29, 1.82) is 0 Å². The summed E-state index contributed by atoms with van der Waals surface area (Å²) in [6.07, 6.45) is 0.242. The molecular weight excluding hydrogens is 195 g/mol. The molecule has 0 aromatic heterocycles. The molecule has 1 unspecified atom stereocenters. The molecule has 14 heavy (non-hydrogen) atoms. The summed E-state index contributed by atoms with van der Waals surface area (Å²) < 4.78 is 36.1. The molecule has 1 rings (SSSR count). The predicted octanol–water partition coefficient (Wildman–Crippen LogP) is 1.42. The zero-order chi connectivity index (χ0) is 11.1. The van der Waals surface area contributed by atoms with Gasteiger partial charge >= 0.3 is 12.1 Å². The number of carbonyl (C=O) groups is 1. The van der Waals surface area contributed by atoms with Gasteiger partial charge in [-0.05, 0) is 0 Å². The van der Waals surface area contributed by atoms with E-state index in [2.05, 4.69) is 5.92 Å². The molecule has 0 saturated carbocycles. The molecule has 0 aliphatic carbocycles. The fourth-order valence-corrected chi connectivity index (χ4v) is 1.59. The molecule has 1 fully saturated rings. The Morgan fingerprint density at radius 3 is 2.36 bits per heavy atom. The van der Waals surface area contributed by atoms with E-state index in [0.717, 1.165) is 0 Å². The molecular formula is C9H10F3NO. The van der Waals surface area contributed by atoms with Gasteiger partial charge in [0.15, 0.2) is 0 Å². The number of alkyl halides is 3. The topological polar surface area (TPSA) is 20.3 Å². The van der Waals surface area contributed by atoms with Crippen LogP contribution < -0.4 is 0 Å². The molecule has 0 spiro atoms. The van der Waals surface area contributed by atoms with Crippen LogP contribution in [0.3, 0.4) is 0 Å². The van der Waals surface area contributed by atoms with E-state index in [1.54, 1.807) is 13.8 Å². The molecule has 0 N–H and O–H groups in total. The summed E-state index contributed by atoms with van der Waals surface area (Å²) in [6.45, 7) is 3.52. The van der Waals surface area contributed by atoms with Gasteiger partial charge in [-0.3, -0.25) is 4.79 Å². The van der Waals surface area contributed by atoms with Crippen molar-refractivity contribution in [2.45, 2.75) is 26.1 Å². The third-order valence-electron chi connectivity index (χ3n) is 2.29. The fourth-order valence-electron chi connectivity index (χ4n) is 1.59. The van der Waals surface area contributed by atoms with Crippen LogP contribution >= 0.6 is 0 Å². The van der Waals surface area contributed by atoms with Crippen molar-refractivity contribution in [2.75, 3.05) is 6.54 Å². The van der Waals surface area contributed by atoms with Crippen LogP contribution in [0.5, 0.6) is 0 Å². The second-order valence-corrected chi connectivity index (χ2v) is 3.99. The molecule has 1 aliphatic rings. The Bertz CT molecular complexity index is 300. The van der Waals surface area contributed by atoms with E-state index in [1.165, 1.54) is 0 Å². The highest BCUT2D eigenvalue weighted by Crippen LogP contribution is 2.38. The summed E-state index contributed by atoms with van der Waals surface area (Å²) in [5.41, 5.74) is -0.421. The van der Waals surface area contributed by atoms with Crippen molar-refractivity contribution in [2.24, 2.45) is 5.41 Å². The maximum absolute atomic E-state index is 12.0. The van der Waals surface area contributed by atoms with Gasteiger partial charge in [-0.2, -0.15) is 13.2 Å². The number of nitrogens with zero attached hydrogens (tertiary/aromatic N) is 1. The van der Waals surface area contributed by atoms with Gasteiger partial charge in [0, 0.05) is 12.0 Å². The Hall–Kier alpha value is -1.18. The van der Waals surface area contributed by atoms with E-state index in [4.69, 9.17) is 6.42 Å². The number of halogens is 3. The van der Waals surface area contributed by atoms with Crippen LogP contribution in [0.1, 0.15) is 13.8 Å².